The SMILES string of the molecule is O=C(NC1CCCCC1)[C@H](Cc1ccccc1)N(Cc1ccc(F)cc1)C(=O)CN(c1ccc(I)cc1)S(=O)(=O)c1ccccc1. The van der Waals surface area contributed by atoms with E-state index in [1.807, 2.05) is 30.3 Å². The van der Waals surface area contributed by atoms with Crippen LogP contribution in [0.15, 0.2) is 114 Å². The molecule has 0 unspecified atom stereocenters. The highest BCUT2D eigenvalue weighted by Crippen LogP contribution is 2.26. The summed E-state index contributed by atoms with van der Waals surface area (Å²) in [6.45, 7) is -0.554. The number of nitrogens with one attached hydrogen (secondary N) is 1. The van der Waals surface area contributed by atoms with E-state index in [9.17, 15) is 22.4 Å². The molecule has 240 valence electrons. The molecule has 1 aliphatic carbocycles. The van der Waals surface area contributed by atoms with Gasteiger partial charge in [-0.2, -0.15) is 0 Å². The lowest BCUT2D eigenvalue weighted by molar-refractivity contribution is -0.140. The van der Waals surface area contributed by atoms with Gasteiger partial charge in [-0.05, 0) is 95.1 Å². The number of nitrogens with zero attached hydrogens (tertiary/aromatic N) is 2. The normalized spacial score (nSPS) is 14.3. The predicted molar refractivity (Wildman–Crippen MR) is 186 cm³/mol. The fourth-order valence-electron chi connectivity index (χ4n) is 5.74. The molecule has 5 rings (SSSR count). The van der Waals surface area contributed by atoms with Crippen LogP contribution in [0, 0.1) is 9.39 Å². The van der Waals surface area contributed by atoms with Crippen molar-refractivity contribution in [2.24, 2.45) is 0 Å². The standard InChI is InChI=1S/C36H37FIN3O4S/c37-29-18-16-28(17-19-29)25-40(34(24-27-10-4-1-5-11-27)36(43)39-31-12-6-2-7-13-31)35(42)26-41(32-22-20-30(38)21-23-32)46(44,45)33-14-8-3-9-15-33/h1,3-5,8-11,14-23,31,34H,2,6-7,12-13,24-26H2,(H,39,43)/t34-/m0/s1. The average Bonchev–Trinajstić information content (AvgIpc) is 3.07. The molecule has 0 radical (unpaired) electrons. The lowest BCUT2D eigenvalue weighted by Crippen LogP contribution is -2.55. The van der Waals surface area contributed by atoms with Gasteiger partial charge < -0.3 is 10.2 Å². The van der Waals surface area contributed by atoms with Crippen LogP contribution >= 0.6 is 22.6 Å². The zero-order valence-corrected chi connectivity index (χ0v) is 28.4. The number of carbonyl (C=O) groups excluding carboxylic acids is 2. The molecule has 1 fully saturated rings. The molecular formula is C36H37FIN3O4S. The molecular weight excluding hydrogens is 716 g/mol. The maximum Gasteiger partial charge on any atom is 0.264 e. The van der Waals surface area contributed by atoms with E-state index >= 15 is 0 Å². The Morgan fingerprint density at radius 1 is 0.804 bits per heavy atom. The van der Waals surface area contributed by atoms with Crippen molar-refractivity contribution in [3.8, 4) is 0 Å². The zero-order chi connectivity index (χ0) is 32.5. The van der Waals surface area contributed by atoms with Gasteiger partial charge in [0.15, 0.2) is 0 Å². The number of anilines is 1. The molecule has 4 aromatic rings. The molecule has 10 heteroatoms. The first kappa shape index (κ1) is 33.6. The van der Waals surface area contributed by atoms with Crippen LogP contribution in [-0.4, -0.2) is 43.8 Å². The van der Waals surface area contributed by atoms with Gasteiger partial charge >= 0.3 is 0 Å². The Hall–Kier alpha value is -3.77. The number of halogens is 2. The fourth-order valence-corrected chi connectivity index (χ4v) is 7.54. The summed E-state index contributed by atoms with van der Waals surface area (Å²) >= 11 is 2.14. The average molecular weight is 754 g/mol. The number of sulfonamides is 1. The largest absolute Gasteiger partial charge is 0.352 e. The predicted octanol–water partition coefficient (Wildman–Crippen LogP) is 6.71. The summed E-state index contributed by atoms with van der Waals surface area (Å²) in [7, 11) is -4.17. The molecule has 0 spiro atoms. The Morgan fingerprint density at radius 2 is 1.41 bits per heavy atom. The topological polar surface area (TPSA) is 86.8 Å². The summed E-state index contributed by atoms with van der Waals surface area (Å²) in [6, 6.07) is 29.1. The van der Waals surface area contributed by atoms with Crippen molar-refractivity contribution < 1.29 is 22.4 Å². The Bertz CT molecular complexity index is 1700. The third-order valence-corrected chi connectivity index (χ3v) is 10.7. The highest BCUT2D eigenvalue weighted by molar-refractivity contribution is 14.1. The van der Waals surface area contributed by atoms with Gasteiger partial charge in [-0.1, -0.05) is 79.9 Å². The van der Waals surface area contributed by atoms with E-state index in [0.29, 0.717) is 11.3 Å². The minimum absolute atomic E-state index is 0.00375. The van der Waals surface area contributed by atoms with Gasteiger partial charge in [0.1, 0.15) is 18.4 Å². The van der Waals surface area contributed by atoms with Crippen molar-refractivity contribution in [2.75, 3.05) is 10.8 Å². The number of carbonyl (C=O) groups is 2. The van der Waals surface area contributed by atoms with E-state index in [-0.39, 0.29) is 29.8 Å². The first-order valence-corrected chi connectivity index (χ1v) is 17.9. The van der Waals surface area contributed by atoms with E-state index in [1.165, 1.54) is 29.2 Å². The smallest absolute Gasteiger partial charge is 0.264 e. The molecule has 46 heavy (non-hydrogen) atoms. The molecule has 0 heterocycles. The van der Waals surface area contributed by atoms with Crippen molar-refractivity contribution in [3.05, 3.63) is 130 Å². The molecule has 0 aromatic heterocycles. The molecule has 0 aliphatic heterocycles. The maximum atomic E-state index is 14.5. The molecule has 2 amide bonds. The first-order valence-electron chi connectivity index (χ1n) is 15.4. The first-order chi connectivity index (χ1) is 22.2. The van der Waals surface area contributed by atoms with E-state index in [4.69, 9.17) is 0 Å². The minimum Gasteiger partial charge on any atom is -0.352 e. The number of benzene rings is 4. The maximum absolute atomic E-state index is 14.5. The van der Waals surface area contributed by atoms with Crippen LogP contribution in [0.1, 0.15) is 43.2 Å². The third-order valence-electron chi connectivity index (χ3n) is 8.21. The number of rotatable bonds is 12. The van der Waals surface area contributed by atoms with Crippen LogP contribution < -0.4 is 9.62 Å². The molecule has 0 saturated heterocycles. The fraction of sp³-hybridized carbons (Fsp3) is 0.278. The van der Waals surface area contributed by atoms with E-state index in [0.717, 1.165) is 45.5 Å². The quantitative estimate of drug-likeness (QED) is 0.163. The molecule has 4 aromatic carbocycles. The molecule has 0 bridgehead atoms. The van der Waals surface area contributed by atoms with E-state index < -0.39 is 34.3 Å². The molecule has 1 atom stereocenters. The monoisotopic (exact) mass is 753 g/mol. The zero-order valence-electron chi connectivity index (χ0n) is 25.4. The second-order valence-electron chi connectivity index (χ2n) is 11.5. The Labute approximate surface area is 284 Å². The van der Waals surface area contributed by atoms with Crippen LogP contribution in [0.25, 0.3) is 0 Å². The summed E-state index contributed by atoms with van der Waals surface area (Å²) < 4.78 is 44.0. The Kier molecular flexibility index (Phi) is 11.5. The second-order valence-corrected chi connectivity index (χ2v) is 14.6. The third kappa shape index (κ3) is 8.73. The molecule has 7 nitrogen and oxygen atoms in total. The second kappa shape index (κ2) is 15.7. The summed E-state index contributed by atoms with van der Waals surface area (Å²) in [4.78, 5) is 30.1. The number of hydrogen-bond donors (Lipinski definition) is 1. The minimum atomic E-state index is -4.17. The van der Waals surface area contributed by atoms with Gasteiger partial charge in [-0.25, -0.2) is 12.8 Å². The number of amides is 2. The molecule has 1 saturated carbocycles. The number of hydrogen-bond acceptors (Lipinski definition) is 4. The molecule has 1 N–H and O–H groups in total. The van der Waals surface area contributed by atoms with Crippen LogP contribution in [-0.2, 0) is 32.6 Å². The van der Waals surface area contributed by atoms with Gasteiger partial charge in [-0.3, -0.25) is 13.9 Å². The van der Waals surface area contributed by atoms with Crippen molar-refractivity contribution >= 4 is 50.1 Å². The van der Waals surface area contributed by atoms with Crippen LogP contribution in [0.4, 0.5) is 10.1 Å². The van der Waals surface area contributed by atoms with Crippen molar-refractivity contribution in [2.45, 2.75) is 62.0 Å². The van der Waals surface area contributed by atoms with Gasteiger partial charge in [0.2, 0.25) is 11.8 Å². The lowest BCUT2D eigenvalue weighted by atomic mass is 9.94. The van der Waals surface area contributed by atoms with E-state index in [2.05, 4.69) is 27.9 Å². The van der Waals surface area contributed by atoms with Crippen molar-refractivity contribution in [1.82, 2.24) is 10.2 Å². The highest BCUT2D eigenvalue weighted by atomic mass is 127. The van der Waals surface area contributed by atoms with Gasteiger partial charge in [0, 0.05) is 22.6 Å². The highest BCUT2D eigenvalue weighted by Gasteiger charge is 2.35. The van der Waals surface area contributed by atoms with Crippen LogP contribution in [0.3, 0.4) is 0 Å². The van der Waals surface area contributed by atoms with Crippen LogP contribution in [0.5, 0.6) is 0 Å². The molecule has 1 aliphatic rings. The van der Waals surface area contributed by atoms with Crippen LogP contribution in [0.2, 0.25) is 0 Å². The summed E-state index contributed by atoms with van der Waals surface area (Å²) in [5.74, 6) is -1.27. The Balaban J connectivity index is 1.55. The Morgan fingerprint density at radius 3 is 2.04 bits per heavy atom. The summed E-state index contributed by atoms with van der Waals surface area (Å²) in [6.07, 6.45) is 5.13. The van der Waals surface area contributed by atoms with Crippen molar-refractivity contribution in [1.29, 1.82) is 0 Å². The van der Waals surface area contributed by atoms with Gasteiger partial charge in [0.05, 0.1) is 10.6 Å². The lowest BCUT2D eigenvalue weighted by Gasteiger charge is -2.35. The summed E-state index contributed by atoms with van der Waals surface area (Å²) in [5, 5.41) is 3.19. The summed E-state index contributed by atoms with van der Waals surface area (Å²) in [5.41, 5.74) is 1.80. The van der Waals surface area contributed by atoms with Gasteiger partial charge in [-0.15, -0.1) is 0 Å². The van der Waals surface area contributed by atoms with E-state index in [1.54, 1.807) is 54.6 Å². The van der Waals surface area contributed by atoms with Crippen molar-refractivity contribution in [3.63, 3.8) is 0 Å². The van der Waals surface area contributed by atoms with Gasteiger partial charge in [0.25, 0.3) is 10.0 Å².